The van der Waals surface area contributed by atoms with Crippen LogP contribution in [0.15, 0.2) is 72.8 Å². The van der Waals surface area contributed by atoms with Crippen molar-refractivity contribution in [2.45, 2.75) is 171 Å². The molecule has 0 unspecified atom stereocenters. The fraction of sp³-hybridized carbons (Fsp3) is 0.702. The van der Waals surface area contributed by atoms with E-state index in [4.69, 9.17) is 39.4 Å². The van der Waals surface area contributed by atoms with Gasteiger partial charge < -0.3 is 43.1 Å². The van der Waals surface area contributed by atoms with Gasteiger partial charge >= 0.3 is 0 Å². The van der Waals surface area contributed by atoms with Gasteiger partial charge in [-0.15, -0.1) is 0 Å². The molecule has 1 heterocycles. The zero-order chi connectivity index (χ0) is 40.9. The van der Waals surface area contributed by atoms with Crippen molar-refractivity contribution in [1.82, 2.24) is 0 Å². The van der Waals surface area contributed by atoms with E-state index in [9.17, 15) is 10.2 Å². The molecule has 7 rings (SSSR count). The minimum Gasteiger partial charge on any atom is -0.408 e. The van der Waals surface area contributed by atoms with Crippen LogP contribution in [0.5, 0.6) is 0 Å². The number of aliphatic hydroxyl groups is 2. The third-order valence-electron chi connectivity index (χ3n) is 15.1. The van der Waals surface area contributed by atoms with Crippen LogP contribution in [0, 0.1) is 16.7 Å². The van der Waals surface area contributed by atoms with Gasteiger partial charge in [0, 0.05) is 18.4 Å². The summed E-state index contributed by atoms with van der Waals surface area (Å²) in [6, 6.07) is 20.3. The number of ether oxygens (including phenoxy) is 6. The first-order valence-electron chi connectivity index (χ1n) is 21.5. The Morgan fingerprint density at radius 3 is 1.98 bits per heavy atom. The Morgan fingerprint density at radius 2 is 1.39 bits per heavy atom. The lowest BCUT2D eigenvalue weighted by molar-refractivity contribution is -0.432. The molecular formula is C47H70O9Si. The van der Waals surface area contributed by atoms with Gasteiger partial charge in [0.15, 0.2) is 14.1 Å². The van der Waals surface area contributed by atoms with Crippen LogP contribution in [0.2, 0.25) is 18.6 Å². The summed E-state index contributed by atoms with van der Waals surface area (Å²) >= 11 is 0. The van der Waals surface area contributed by atoms with E-state index in [1.807, 2.05) is 62.4 Å². The summed E-state index contributed by atoms with van der Waals surface area (Å²) in [5, 5.41) is 27.3. The predicted molar refractivity (Wildman–Crippen MR) is 223 cm³/mol. The number of hydrogen-bond acceptors (Lipinski definition) is 9. The van der Waals surface area contributed by atoms with E-state index < -0.39 is 72.1 Å². The lowest BCUT2D eigenvalue weighted by atomic mass is 9.41. The molecule has 0 aromatic heterocycles. The average molecular weight is 807 g/mol. The molecule has 5 fully saturated rings. The zero-order valence-electron chi connectivity index (χ0n) is 35.9. The second kappa shape index (κ2) is 16.1. The van der Waals surface area contributed by atoms with Gasteiger partial charge in [-0.1, -0.05) is 119 Å². The van der Waals surface area contributed by atoms with E-state index >= 15 is 0 Å². The molecule has 9 atom stereocenters. The SMILES string of the molecule is C=C1CC[C@@H]2OC(C)(C)O[C@@H]3[C@H](OCc4ccccc4)[C@]4(O)C(C)(C)[C@@](O[Si](C)(C)C5CCCCC5)(CC[C@@]4(C)O)[C@@H](OCc4ccccc4)[C@H]1[C@@]23COCOC. The molecule has 0 amide bonds. The van der Waals surface area contributed by atoms with Crippen molar-refractivity contribution in [1.29, 1.82) is 0 Å². The highest BCUT2D eigenvalue weighted by atomic mass is 28.4. The van der Waals surface area contributed by atoms with Crippen LogP contribution in [0.4, 0.5) is 0 Å². The lowest BCUT2D eigenvalue weighted by Gasteiger charge is -2.74. The monoisotopic (exact) mass is 806 g/mol. The summed E-state index contributed by atoms with van der Waals surface area (Å²) in [7, 11) is -0.951. The second-order valence-electron chi connectivity index (χ2n) is 19.6. The zero-order valence-corrected chi connectivity index (χ0v) is 36.9. The first kappa shape index (κ1) is 43.1. The fourth-order valence-corrected chi connectivity index (χ4v) is 15.5. The molecule has 4 aliphatic carbocycles. The van der Waals surface area contributed by atoms with Gasteiger partial charge in [-0.3, -0.25) is 0 Å². The Bertz CT molecular complexity index is 1680. The van der Waals surface area contributed by atoms with Gasteiger partial charge in [0.2, 0.25) is 0 Å². The summed E-state index contributed by atoms with van der Waals surface area (Å²) < 4.78 is 49.2. The Labute approximate surface area is 342 Å². The van der Waals surface area contributed by atoms with Crippen molar-refractivity contribution in [2.75, 3.05) is 20.5 Å². The Hall–Kier alpha value is -1.96. The van der Waals surface area contributed by atoms with Crippen molar-refractivity contribution in [3.05, 3.63) is 83.9 Å². The maximum atomic E-state index is 14.3. The molecule has 2 bridgehead atoms. The standard InChI is InChI=1S/C47H70O9Si/c1-33-25-26-37-45(31-51-32-50-7)38(33)39(52-29-34-19-13-10-14-20-34)46(56-57(8,9)36-23-17-12-18-24-36)28-27-44(6,48)47(49,42(46,2)3)41(40(45)55-43(4,5)54-37)53-30-35-21-15-11-16-22-35/h10-11,13-16,19-22,36-41,48-49H,1,12,17-18,23-32H2,2-9H3/t37-,38-,39-,40+,41-,44+,45+,46+,47-/m0/s1. The van der Waals surface area contributed by atoms with Crippen LogP contribution in [0.3, 0.4) is 0 Å². The van der Waals surface area contributed by atoms with Gasteiger partial charge in [0.05, 0.1) is 48.6 Å². The fourth-order valence-electron chi connectivity index (χ4n) is 12.2. The maximum absolute atomic E-state index is 14.3. The first-order valence-corrected chi connectivity index (χ1v) is 24.5. The topological polar surface area (TPSA) is 105 Å². The van der Waals surface area contributed by atoms with Gasteiger partial charge in [0.1, 0.15) is 24.6 Å². The van der Waals surface area contributed by atoms with E-state index in [1.54, 1.807) is 14.0 Å². The number of hydrogen-bond donors (Lipinski definition) is 2. The van der Waals surface area contributed by atoms with Crippen molar-refractivity contribution in [3.63, 3.8) is 0 Å². The molecule has 5 aliphatic rings. The van der Waals surface area contributed by atoms with Crippen molar-refractivity contribution < 1.29 is 43.1 Å². The van der Waals surface area contributed by atoms with E-state index in [2.05, 4.69) is 39.1 Å². The van der Waals surface area contributed by atoms with Crippen LogP contribution in [-0.4, -0.2) is 86.0 Å². The third kappa shape index (κ3) is 7.36. The van der Waals surface area contributed by atoms with E-state index in [0.29, 0.717) is 31.4 Å². The number of rotatable bonds is 13. The molecule has 2 N–H and O–H groups in total. The first-order chi connectivity index (χ1) is 27.0. The minimum absolute atomic E-state index is 0.0472. The highest BCUT2D eigenvalue weighted by molar-refractivity contribution is 6.72. The predicted octanol–water partition coefficient (Wildman–Crippen LogP) is 8.86. The Kier molecular flexibility index (Phi) is 12.2. The minimum atomic E-state index is -2.57. The normalized spacial score (nSPS) is 37.9. The molecule has 1 saturated heterocycles. The molecule has 10 heteroatoms. The van der Waals surface area contributed by atoms with Crippen LogP contribution in [0.25, 0.3) is 0 Å². The lowest BCUT2D eigenvalue weighted by Crippen LogP contribution is -2.87. The number of fused-ring (bicyclic) bond motifs is 2. The van der Waals surface area contributed by atoms with E-state index in [-0.39, 0.29) is 26.4 Å². The maximum Gasteiger partial charge on any atom is 0.190 e. The summed E-state index contributed by atoms with van der Waals surface area (Å²) in [4.78, 5) is 0. The van der Waals surface area contributed by atoms with Crippen LogP contribution in [-0.2, 0) is 46.1 Å². The molecule has 0 radical (unpaired) electrons. The van der Waals surface area contributed by atoms with Gasteiger partial charge in [-0.2, -0.15) is 0 Å². The summed E-state index contributed by atoms with van der Waals surface area (Å²) in [6.07, 6.45) is 5.04. The number of benzene rings is 2. The second-order valence-corrected chi connectivity index (χ2v) is 23.8. The van der Waals surface area contributed by atoms with Gasteiger partial charge in [0.25, 0.3) is 0 Å². The van der Waals surface area contributed by atoms with E-state index in [0.717, 1.165) is 29.5 Å². The van der Waals surface area contributed by atoms with Crippen LogP contribution >= 0.6 is 0 Å². The molecule has 9 nitrogen and oxygen atoms in total. The Morgan fingerprint density at radius 1 is 0.789 bits per heavy atom. The van der Waals surface area contributed by atoms with Crippen molar-refractivity contribution in [3.8, 4) is 0 Å². The average Bonchev–Trinajstić information content (AvgIpc) is 3.18. The molecular weight excluding hydrogens is 737 g/mol. The van der Waals surface area contributed by atoms with Crippen molar-refractivity contribution in [2.24, 2.45) is 16.7 Å². The quantitative estimate of drug-likeness (QED) is 0.0890. The molecule has 2 aromatic rings. The summed E-state index contributed by atoms with van der Waals surface area (Å²) in [6.45, 7) is 20.1. The largest absolute Gasteiger partial charge is 0.408 e. The third-order valence-corrected chi connectivity index (χ3v) is 18.5. The van der Waals surface area contributed by atoms with Crippen LogP contribution < -0.4 is 0 Å². The summed E-state index contributed by atoms with van der Waals surface area (Å²) in [5.41, 5.74) is -3.39. The molecule has 57 heavy (non-hydrogen) atoms. The van der Waals surface area contributed by atoms with Gasteiger partial charge in [-0.25, -0.2) is 0 Å². The molecule has 2 aromatic carbocycles. The van der Waals surface area contributed by atoms with Gasteiger partial charge in [-0.05, 0) is 76.2 Å². The van der Waals surface area contributed by atoms with Crippen LogP contribution in [0.1, 0.15) is 104 Å². The molecule has 316 valence electrons. The number of methoxy groups -OCH3 is 1. The molecule has 0 spiro atoms. The highest BCUT2D eigenvalue weighted by Gasteiger charge is 2.81. The Balaban J connectivity index is 1.53. The van der Waals surface area contributed by atoms with E-state index in [1.165, 1.54) is 19.3 Å². The molecule has 1 aliphatic heterocycles. The summed E-state index contributed by atoms with van der Waals surface area (Å²) in [5.74, 6) is -1.47. The highest BCUT2D eigenvalue weighted by Crippen LogP contribution is 2.69. The smallest absolute Gasteiger partial charge is 0.190 e. The molecule has 4 saturated carbocycles. The van der Waals surface area contributed by atoms with Crippen molar-refractivity contribution >= 4 is 8.32 Å².